The molecule has 0 unspecified atom stereocenters. The monoisotopic (exact) mass is 713 g/mol. The second-order valence-electron chi connectivity index (χ2n) is 14.5. The predicted octanol–water partition coefficient (Wildman–Crippen LogP) is 14.5. The first-order chi connectivity index (χ1) is 27.8. The second kappa shape index (κ2) is 14.2. The minimum absolute atomic E-state index is 0.448. The lowest BCUT2D eigenvalue weighted by molar-refractivity contribution is 0.768. The third-order valence-electron chi connectivity index (χ3n) is 11.4. The number of hydrogen-bond donors (Lipinski definition) is 0. The Morgan fingerprint density at radius 1 is 0.250 bits per heavy atom. The van der Waals surface area contributed by atoms with Gasteiger partial charge < -0.3 is 4.90 Å². The van der Waals surface area contributed by atoms with Crippen molar-refractivity contribution in [2.75, 3.05) is 4.90 Å². The van der Waals surface area contributed by atoms with Crippen LogP contribution < -0.4 is 4.90 Å². The summed E-state index contributed by atoms with van der Waals surface area (Å²) in [5.74, 6) is 0. The van der Waals surface area contributed by atoms with Gasteiger partial charge in [0.2, 0.25) is 0 Å². The van der Waals surface area contributed by atoms with E-state index in [0.717, 1.165) is 17.1 Å². The highest BCUT2D eigenvalue weighted by molar-refractivity contribution is 5.87. The summed E-state index contributed by atoms with van der Waals surface area (Å²) < 4.78 is 0. The SMILES string of the molecule is c1ccc(-c2ccc(-c3cccc(N(c4ccc(C5(c6ccccc6)c6ccccc6-c6ccccc65)cc4)c4cccc(-c5ccccc5)c4)c3)cc2)cc1. The van der Waals surface area contributed by atoms with Gasteiger partial charge >= 0.3 is 0 Å². The molecule has 0 radical (unpaired) electrons. The predicted molar refractivity (Wildman–Crippen MR) is 235 cm³/mol. The van der Waals surface area contributed by atoms with Crippen LogP contribution in [0.15, 0.2) is 237 Å². The van der Waals surface area contributed by atoms with Gasteiger partial charge in [0.15, 0.2) is 0 Å². The van der Waals surface area contributed by atoms with E-state index in [-0.39, 0.29) is 0 Å². The van der Waals surface area contributed by atoms with Crippen molar-refractivity contribution in [1.29, 1.82) is 0 Å². The summed E-state index contributed by atoms with van der Waals surface area (Å²) in [4.78, 5) is 2.39. The molecule has 0 N–H and O–H groups in total. The van der Waals surface area contributed by atoms with Crippen molar-refractivity contribution in [2.45, 2.75) is 5.41 Å². The van der Waals surface area contributed by atoms with Crippen molar-refractivity contribution in [2.24, 2.45) is 0 Å². The zero-order valence-corrected chi connectivity index (χ0v) is 31.0. The first-order valence-electron chi connectivity index (χ1n) is 19.3. The fraction of sp³-hybridized carbons (Fsp3) is 0.0182. The van der Waals surface area contributed by atoms with Crippen LogP contribution in [0.1, 0.15) is 22.3 Å². The normalized spacial score (nSPS) is 12.4. The van der Waals surface area contributed by atoms with E-state index in [2.05, 4.69) is 241 Å². The molecule has 0 bridgehead atoms. The van der Waals surface area contributed by atoms with E-state index in [1.54, 1.807) is 0 Å². The number of hydrogen-bond acceptors (Lipinski definition) is 1. The summed E-state index contributed by atoms with van der Waals surface area (Å²) in [7, 11) is 0. The minimum Gasteiger partial charge on any atom is -0.310 e. The summed E-state index contributed by atoms with van der Waals surface area (Å²) in [5, 5.41) is 0. The van der Waals surface area contributed by atoms with Gasteiger partial charge in [0.05, 0.1) is 5.41 Å². The topological polar surface area (TPSA) is 3.24 Å². The Bertz CT molecular complexity index is 2720. The van der Waals surface area contributed by atoms with Gasteiger partial charge in [0.1, 0.15) is 0 Å². The Labute approximate surface area is 329 Å². The molecule has 0 aliphatic heterocycles. The van der Waals surface area contributed by atoms with Gasteiger partial charge in [-0.15, -0.1) is 0 Å². The lowest BCUT2D eigenvalue weighted by atomic mass is 9.68. The summed E-state index contributed by atoms with van der Waals surface area (Å²) in [6.45, 7) is 0. The van der Waals surface area contributed by atoms with Gasteiger partial charge in [0, 0.05) is 17.1 Å². The zero-order valence-electron chi connectivity index (χ0n) is 31.0. The zero-order chi connectivity index (χ0) is 37.3. The number of fused-ring (bicyclic) bond motifs is 3. The van der Waals surface area contributed by atoms with Crippen molar-refractivity contribution in [3.05, 3.63) is 259 Å². The van der Waals surface area contributed by atoms with Crippen molar-refractivity contribution in [3.8, 4) is 44.5 Å². The van der Waals surface area contributed by atoms with E-state index in [4.69, 9.17) is 0 Å². The fourth-order valence-corrected chi connectivity index (χ4v) is 8.79. The van der Waals surface area contributed by atoms with Crippen molar-refractivity contribution in [3.63, 3.8) is 0 Å². The minimum atomic E-state index is -0.448. The van der Waals surface area contributed by atoms with Gasteiger partial charge in [0.25, 0.3) is 0 Å². The highest BCUT2D eigenvalue weighted by Gasteiger charge is 2.45. The Hall–Kier alpha value is -7.22. The average molecular weight is 714 g/mol. The molecule has 0 spiro atoms. The van der Waals surface area contributed by atoms with Gasteiger partial charge in [-0.1, -0.05) is 200 Å². The maximum atomic E-state index is 2.39. The average Bonchev–Trinajstić information content (AvgIpc) is 3.59. The Morgan fingerprint density at radius 2 is 0.625 bits per heavy atom. The molecule has 0 aromatic heterocycles. The van der Waals surface area contributed by atoms with E-state index >= 15 is 0 Å². The molecule has 56 heavy (non-hydrogen) atoms. The largest absolute Gasteiger partial charge is 0.310 e. The van der Waals surface area contributed by atoms with E-state index in [1.165, 1.54) is 66.8 Å². The van der Waals surface area contributed by atoms with Gasteiger partial charge in [-0.25, -0.2) is 0 Å². The lowest BCUT2D eigenvalue weighted by Gasteiger charge is -2.34. The van der Waals surface area contributed by atoms with Gasteiger partial charge in [-0.2, -0.15) is 0 Å². The number of rotatable bonds is 8. The third-order valence-corrected chi connectivity index (χ3v) is 11.4. The van der Waals surface area contributed by atoms with E-state index in [9.17, 15) is 0 Å². The molecule has 0 saturated carbocycles. The summed E-state index contributed by atoms with van der Waals surface area (Å²) in [6, 6.07) is 86.1. The maximum Gasteiger partial charge on any atom is 0.0713 e. The molecular weight excluding hydrogens is 675 g/mol. The standard InChI is InChI=1S/C55H39N/c1-4-16-40(17-5-1)42-30-32-43(33-31-42)45-21-15-25-50(39-45)56(49-24-14-20-44(38-49)41-18-6-2-7-19-41)48-36-34-47(35-37-48)55(46-22-8-3-9-23-46)53-28-12-10-26-51(53)52-27-11-13-29-54(52)55/h1-39H. The van der Waals surface area contributed by atoms with E-state index in [0.29, 0.717) is 0 Å². The second-order valence-corrected chi connectivity index (χ2v) is 14.5. The van der Waals surface area contributed by atoms with Gasteiger partial charge in [-0.3, -0.25) is 0 Å². The quantitative estimate of drug-likeness (QED) is 0.152. The molecule has 9 aromatic carbocycles. The molecule has 1 aliphatic carbocycles. The van der Waals surface area contributed by atoms with Crippen molar-refractivity contribution in [1.82, 2.24) is 0 Å². The summed E-state index contributed by atoms with van der Waals surface area (Å²) in [6.07, 6.45) is 0. The Balaban J connectivity index is 1.11. The molecule has 264 valence electrons. The third kappa shape index (κ3) is 5.73. The van der Waals surface area contributed by atoms with E-state index in [1.807, 2.05) is 0 Å². The molecule has 0 saturated heterocycles. The highest BCUT2D eigenvalue weighted by Crippen LogP contribution is 2.56. The summed E-state index contributed by atoms with van der Waals surface area (Å²) >= 11 is 0. The maximum absolute atomic E-state index is 2.39. The van der Waals surface area contributed by atoms with Gasteiger partial charge in [-0.05, 0) is 103 Å². The van der Waals surface area contributed by atoms with Crippen molar-refractivity contribution < 1.29 is 0 Å². The van der Waals surface area contributed by atoms with Crippen LogP contribution in [-0.4, -0.2) is 0 Å². The molecule has 0 amide bonds. The number of nitrogens with zero attached hydrogens (tertiary/aromatic N) is 1. The van der Waals surface area contributed by atoms with Crippen LogP contribution in [0.3, 0.4) is 0 Å². The van der Waals surface area contributed by atoms with Crippen molar-refractivity contribution >= 4 is 17.1 Å². The van der Waals surface area contributed by atoms with Crippen LogP contribution in [0.2, 0.25) is 0 Å². The van der Waals surface area contributed by atoms with Crippen LogP contribution in [0.5, 0.6) is 0 Å². The van der Waals surface area contributed by atoms with Crippen LogP contribution in [0.25, 0.3) is 44.5 Å². The van der Waals surface area contributed by atoms with E-state index < -0.39 is 5.41 Å². The molecule has 1 nitrogen and oxygen atoms in total. The summed E-state index contributed by atoms with van der Waals surface area (Å²) in [5.41, 5.74) is 17.8. The van der Waals surface area contributed by atoms with Crippen LogP contribution >= 0.6 is 0 Å². The number of anilines is 3. The molecule has 0 fully saturated rings. The smallest absolute Gasteiger partial charge is 0.0713 e. The first kappa shape index (κ1) is 33.4. The Kier molecular flexibility index (Phi) is 8.46. The molecule has 1 heteroatoms. The molecule has 9 aromatic rings. The lowest BCUT2D eigenvalue weighted by Crippen LogP contribution is -2.28. The first-order valence-corrected chi connectivity index (χ1v) is 19.3. The molecular formula is C55H39N. The van der Waals surface area contributed by atoms with Crippen LogP contribution in [-0.2, 0) is 5.41 Å². The molecule has 0 atom stereocenters. The van der Waals surface area contributed by atoms with Crippen LogP contribution in [0, 0.1) is 0 Å². The highest BCUT2D eigenvalue weighted by atomic mass is 15.1. The fourth-order valence-electron chi connectivity index (χ4n) is 8.79. The molecule has 10 rings (SSSR count). The molecule has 1 aliphatic rings. The number of benzene rings is 9. The van der Waals surface area contributed by atoms with Crippen LogP contribution in [0.4, 0.5) is 17.1 Å². The molecule has 0 heterocycles. The Morgan fingerprint density at radius 3 is 1.14 bits per heavy atom.